The van der Waals surface area contributed by atoms with Crippen molar-refractivity contribution in [2.24, 2.45) is 5.92 Å². The second kappa shape index (κ2) is 9.98. The van der Waals surface area contributed by atoms with Gasteiger partial charge in [0.05, 0.1) is 7.11 Å². The highest BCUT2D eigenvalue weighted by Crippen LogP contribution is 2.28. The zero-order valence-corrected chi connectivity index (χ0v) is 19.2. The van der Waals surface area contributed by atoms with Gasteiger partial charge in [-0.15, -0.1) is 0 Å². The van der Waals surface area contributed by atoms with Gasteiger partial charge in [-0.2, -0.15) is 0 Å². The van der Waals surface area contributed by atoms with Gasteiger partial charge in [-0.1, -0.05) is 34.8 Å². The lowest BCUT2D eigenvalue weighted by Crippen LogP contribution is -2.33. The number of hydrogen-bond acceptors (Lipinski definition) is 3. The Morgan fingerprint density at radius 2 is 1.87 bits per heavy atom. The van der Waals surface area contributed by atoms with Crippen molar-refractivity contribution in [3.8, 4) is 5.75 Å². The Kier molecular flexibility index (Phi) is 7.37. The molecule has 0 unspecified atom stereocenters. The largest absolute Gasteiger partial charge is 0.496 e. The van der Waals surface area contributed by atoms with Crippen LogP contribution < -0.4 is 20.7 Å². The second-order valence-corrected chi connectivity index (χ2v) is 8.63. The molecule has 4 rings (SSSR count). The number of hydrogen-bond donors (Lipinski definition) is 3. The van der Waals surface area contributed by atoms with Gasteiger partial charge in [-0.05, 0) is 61.6 Å². The van der Waals surface area contributed by atoms with Crippen LogP contribution in [-0.2, 0) is 11.3 Å². The molecule has 7 heteroatoms. The molecule has 0 saturated heterocycles. The van der Waals surface area contributed by atoms with Gasteiger partial charge in [0.1, 0.15) is 5.75 Å². The van der Waals surface area contributed by atoms with E-state index in [-0.39, 0.29) is 17.9 Å². The molecule has 1 aliphatic carbocycles. The average Bonchev–Trinajstić information content (AvgIpc) is 3.24. The molecule has 2 aromatic rings. The van der Waals surface area contributed by atoms with E-state index in [1.54, 1.807) is 7.11 Å². The molecule has 0 aromatic heterocycles. The van der Waals surface area contributed by atoms with Gasteiger partial charge in [0.25, 0.3) is 0 Å². The number of benzene rings is 2. The summed E-state index contributed by atoms with van der Waals surface area (Å²) >= 11 is 3.39. The number of rotatable bonds is 3. The minimum atomic E-state index is -0.134. The van der Waals surface area contributed by atoms with Crippen LogP contribution in [0.4, 0.5) is 16.2 Å². The number of aryl methyl sites for hydroxylation is 2. The first-order valence-electron chi connectivity index (χ1n) is 10.2. The number of halogens is 1. The Balaban J connectivity index is 0.000000177. The number of nitrogens with one attached hydrogen (secondary N) is 3. The van der Waals surface area contributed by atoms with E-state index in [4.69, 9.17) is 4.74 Å². The number of carbonyl (C=O) groups is 2. The van der Waals surface area contributed by atoms with E-state index >= 15 is 0 Å². The smallest absolute Gasteiger partial charge is 0.319 e. The third-order valence-electron chi connectivity index (χ3n) is 5.51. The summed E-state index contributed by atoms with van der Waals surface area (Å²) in [4.78, 5) is 23.0. The number of urea groups is 1. The summed E-state index contributed by atoms with van der Waals surface area (Å²) < 4.78 is 6.23. The number of amides is 3. The van der Waals surface area contributed by atoms with E-state index in [0.29, 0.717) is 6.54 Å². The predicted octanol–water partition coefficient (Wildman–Crippen LogP) is 5.52. The van der Waals surface area contributed by atoms with Crippen molar-refractivity contribution in [2.45, 2.75) is 46.1 Å². The Morgan fingerprint density at radius 1 is 1.13 bits per heavy atom. The van der Waals surface area contributed by atoms with Crippen molar-refractivity contribution in [3.05, 3.63) is 51.5 Å². The van der Waals surface area contributed by atoms with Crippen LogP contribution in [0.25, 0.3) is 0 Å². The maximum atomic E-state index is 11.9. The van der Waals surface area contributed by atoms with Crippen LogP contribution in [-0.4, -0.2) is 19.0 Å². The predicted molar refractivity (Wildman–Crippen MR) is 123 cm³/mol. The van der Waals surface area contributed by atoms with E-state index in [9.17, 15) is 9.59 Å². The van der Waals surface area contributed by atoms with Crippen LogP contribution in [0.1, 0.15) is 42.4 Å². The van der Waals surface area contributed by atoms with Crippen LogP contribution in [0.2, 0.25) is 0 Å². The van der Waals surface area contributed by atoms with Gasteiger partial charge < -0.3 is 20.7 Å². The zero-order chi connectivity index (χ0) is 21.7. The van der Waals surface area contributed by atoms with Gasteiger partial charge in [0, 0.05) is 34.4 Å². The van der Waals surface area contributed by atoms with Crippen molar-refractivity contribution in [2.75, 3.05) is 17.7 Å². The molecule has 0 atom stereocenters. The highest BCUT2D eigenvalue weighted by atomic mass is 79.9. The second-order valence-electron chi connectivity index (χ2n) is 7.71. The molecule has 1 heterocycles. The fourth-order valence-corrected chi connectivity index (χ4v) is 4.36. The molecule has 30 heavy (non-hydrogen) atoms. The number of carbonyl (C=O) groups excluding carboxylic acids is 2. The van der Waals surface area contributed by atoms with Crippen LogP contribution in [0, 0.1) is 19.8 Å². The van der Waals surface area contributed by atoms with Gasteiger partial charge in [0.2, 0.25) is 5.91 Å². The summed E-state index contributed by atoms with van der Waals surface area (Å²) in [6.07, 6.45) is 4.40. The van der Waals surface area contributed by atoms with E-state index < -0.39 is 0 Å². The Hall–Kier alpha value is -2.54. The normalized spacial score (nSPS) is 15.3. The van der Waals surface area contributed by atoms with Crippen molar-refractivity contribution in [1.29, 1.82) is 0 Å². The lowest BCUT2D eigenvalue weighted by molar-refractivity contribution is -0.119. The van der Waals surface area contributed by atoms with Crippen LogP contribution in [0.3, 0.4) is 0 Å². The topological polar surface area (TPSA) is 79.5 Å². The first kappa shape index (κ1) is 22.2. The van der Waals surface area contributed by atoms with E-state index in [2.05, 4.69) is 31.9 Å². The fraction of sp³-hybridized carbons (Fsp3) is 0.391. The minimum absolute atomic E-state index is 0.134. The average molecular weight is 474 g/mol. The first-order valence-corrected chi connectivity index (χ1v) is 11.0. The molecular weight excluding hydrogens is 446 g/mol. The Morgan fingerprint density at radius 3 is 2.57 bits per heavy atom. The zero-order valence-electron chi connectivity index (χ0n) is 17.6. The van der Waals surface area contributed by atoms with Crippen molar-refractivity contribution >= 4 is 39.2 Å². The van der Waals surface area contributed by atoms with Crippen molar-refractivity contribution in [1.82, 2.24) is 5.32 Å². The molecule has 2 aromatic carbocycles. The summed E-state index contributed by atoms with van der Waals surface area (Å²) in [5.74, 6) is 1.16. The quantitative estimate of drug-likeness (QED) is 0.548. The first-order chi connectivity index (χ1) is 14.4. The molecule has 0 radical (unpaired) electrons. The third kappa shape index (κ3) is 5.53. The summed E-state index contributed by atoms with van der Waals surface area (Å²) in [5.41, 5.74) is 5.13. The summed E-state index contributed by atoms with van der Waals surface area (Å²) in [5, 5.41) is 8.46. The molecule has 0 bridgehead atoms. The number of anilines is 2. The fourth-order valence-electron chi connectivity index (χ4n) is 3.78. The van der Waals surface area contributed by atoms with Gasteiger partial charge >= 0.3 is 6.03 Å². The monoisotopic (exact) mass is 473 g/mol. The Bertz CT molecular complexity index is 940. The molecule has 1 fully saturated rings. The highest BCUT2D eigenvalue weighted by Gasteiger charge is 2.22. The molecule has 3 N–H and O–H groups in total. The van der Waals surface area contributed by atoms with E-state index in [1.165, 1.54) is 18.4 Å². The molecule has 6 nitrogen and oxygen atoms in total. The summed E-state index contributed by atoms with van der Waals surface area (Å²) in [7, 11) is 1.64. The number of fused-ring (bicyclic) bond motifs is 1. The Labute approximate surface area is 185 Å². The maximum absolute atomic E-state index is 11.9. The van der Waals surface area contributed by atoms with E-state index in [1.807, 2.05) is 44.2 Å². The van der Waals surface area contributed by atoms with Crippen LogP contribution >= 0.6 is 15.9 Å². The number of ether oxygens (including phenoxy) is 1. The summed E-state index contributed by atoms with van der Waals surface area (Å²) in [6, 6.07) is 9.58. The molecule has 3 amide bonds. The highest BCUT2D eigenvalue weighted by molar-refractivity contribution is 9.10. The van der Waals surface area contributed by atoms with Crippen LogP contribution in [0.15, 0.2) is 34.8 Å². The third-order valence-corrected chi connectivity index (χ3v) is 5.97. The number of methoxy groups -OCH3 is 1. The summed E-state index contributed by atoms with van der Waals surface area (Å²) in [6.45, 7) is 4.63. The van der Waals surface area contributed by atoms with Gasteiger partial charge in [-0.3, -0.25) is 4.79 Å². The van der Waals surface area contributed by atoms with Crippen molar-refractivity contribution in [3.63, 3.8) is 0 Å². The molecule has 1 saturated carbocycles. The molecular formula is C23H28BrN3O3. The van der Waals surface area contributed by atoms with Gasteiger partial charge in [0.15, 0.2) is 0 Å². The lowest BCUT2D eigenvalue weighted by atomic mass is 10.1. The van der Waals surface area contributed by atoms with Gasteiger partial charge in [-0.25, -0.2) is 4.79 Å². The SMILES string of the molecule is COc1cc(NC(=O)C2CCCC2)ccc1C.Cc1cc(Br)cc2c1CNC(=O)N2. The van der Waals surface area contributed by atoms with Crippen LogP contribution in [0.5, 0.6) is 5.75 Å². The standard InChI is InChI=1S/C14H19NO2.C9H9BrN2O/c1-10-7-8-12(9-13(10)17-2)15-14(16)11-5-3-4-6-11;1-5-2-6(10)3-8-7(5)4-11-9(13)12-8/h7-9,11H,3-6H2,1-2H3,(H,15,16);2-3H,4H2,1H3,(H2,11,12,13). The molecule has 1 aliphatic heterocycles. The molecule has 0 spiro atoms. The molecule has 160 valence electrons. The maximum Gasteiger partial charge on any atom is 0.319 e. The minimum Gasteiger partial charge on any atom is -0.496 e. The van der Waals surface area contributed by atoms with E-state index in [0.717, 1.165) is 45.6 Å². The van der Waals surface area contributed by atoms with Crippen molar-refractivity contribution < 1.29 is 14.3 Å². The lowest BCUT2D eigenvalue weighted by Gasteiger charge is -2.20. The molecule has 2 aliphatic rings.